The number of alkyl halides is 1. The number of hydrogen-bond acceptors (Lipinski definition) is 1. The molecule has 1 aromatic rings. The molecule has 90 valence electrons. The molecule has 0 heterocycles. The van der Waals surface area contributed by atoms with E-state index in [9.17, 15) is 4.39 Å². The van der Waals surface area contributed by atoms with E-state index >= 15 is 0 Å². The molecule has 0 aliphatic rings. The molecular formula is C13H18ClFO. The van der Waals surface area contributed by atoms with Crippen LogP contribution in [0.3, 0.4) is 0 Å². The van der Waals surface area contributed by atoms with E-state index in [1.54, 1.807) is 12.1 Å². The fourth-order valence-corrected chi connectivity index (χ4v) is 1.76. The highest BCUT2D eigenvalue weighted by Crippen LogP contribution is 2.25. The lowest BCUT2D eigenvalue weighted by Gasteiger charge is -2.16. The van der Waals surface area contributed by atoms with Crippen LogP contribution >= 0.6 is 11.6 Å². The molecule has 0 saturated carbocycles. The van der Waals surface area contributed by atoms with E-state index in [4.69, 9.17) is 16.3 Å². The molecule has 0 aliphatic carbocycles. The second kappa shape index (κ2) is 6.74. The normalized spacial score (nSPS) is 10.8. The van der Waals surface area contributed by atoms with Gasteiger partial charge in [0.05, 0.1) is 12.5 Å². The zero-order valence-corrected chi connectivity index (χ0v) is 10.6. The third-order valence-electron chi connectivity index (χ3n) is 2.81. The minimum absolute atomic E-state index is 0.274. The Morgan fingerprint density at radius 1 is 1.31 bits per heavy atom. The Bertz CT molecular complexity index is 324. The van der Waals surface area contributed by atoms with Gasteiger partial charge < -0.3 is 4.74 Å². The summed E-state index contributed by atoms with van der Waals surface area (Å²) in [5, 5.41) is 0. The first-order chi connectivity index (χ1) is 7.72. The van der Waals surface area contributed by atoms with E-state index in [2.05, 4.69) is 13.8 Å². The number of halogens is 2. The van der Waals surface area contributed by atoms with E-state index < -0.39 is 0 Å². The largest absolute Gasteiger partial charge is 0.490 e. The third kappa shape index (κ3) is 3.38. The zero-order valence-electron chi connectivity index (χ0n) is 9.80. The van der Waals surface area contributed by atoms with Gasteiger partial charge in [0.1, 0.15) is 0 Å². The number of benzene rings is 1. The number of rotatable bonds is 6. The van der Waals surface area contributed by atoms with Crippen molar-refractivity contribution in [2.24, 2.45) is 5.92 Å². The summed E-state index contributed by atoms with van der Waals surface area (Å²) in [6.45, 7) is 4.78. The van der Waals surface area contributed by atoms with Gasteiger partial charge in [-0.2, -0.15) is 0 Å². The van der Waals surface area contributed by atoms with Gasteiger partial charge in [-0.1, -0.05) is 38.8 Å². The average molecular weight is 245 g/mol. The molecule has 0 bridgehead atoms. The molecule has 0 atom stereocenters. The van der Waals surface area contributed by atoms with Gasteiger partial charge in [-0.05, 0) is 12.0 Å². The van der Waals surface area contributed by atoms with Gasteiger partial charge in [0.25, 0.3) is 0 Å². The van der Waals surface area contributed by atoms with Gasteiger partial charge in [-0.25, -0.2) is 4.39 Å². The summed E-state index contributed by atoms with van der Waals surface area (Å²) >= 11 is 5.74. The van der Waals surface area contributed by atoms with Crippen molar-refractivity contribution in [2.75, 3.05) is 6.61 Å². The summed E-state index contributed by atoms with van der Waals surface area (Å²) in [6, 6.07) is 4.84. The molecule has 0 spiro atoms. The van der Waals surface area contributed by atoms with Crippen molar-refractivity contribution >= 4 is 11.6 Å². The van der Waals surface area contributed by atoms with E-state index in [-0.39, 0.29) is 11.7 Å². The molecule has 1 rings (SSSR count). The van der Waals surface area contributed by atoms with Crippen LogP contribution in [0, 0.1) is 11.7 Å². The maximum absolute atomic E-state index is 13.5. The lowest BCUT2D eigenvalue weighted by molar-refractivity contribution is 0.230. The Hall–Kier alpha value is -0.760. The number of ether oxygens (including phenoxy) is 1. The van der Waals surface area contributed by atoms with Gasteiger partial charge in [0, 0.05) is 5.56 Å². The molecule has 0 unspecified atom stereocenters. The second-order valence-corrected chi connectivity index (χ2v) is 4.12. The van der Waals surface area contributed by atoms with Crippen molar-refractivity contribution in [1.82, 2.24) is 0 Å². The van der Waals surface area contributed by atoms with Crippen LogP contribution in [0.5, 0.6) is 5.75 Å². The number of para-hydroxylation sites is 1. The van der Waals surface area contributed by atoms with E-state index in [1.807, 2.05) is 0 Å². The molecule has 1 aromatic carbocycles. The smallest absolute Gasteiger partial charge is 0.165 e. The number of hydrogen-bond donors (Lipinski definition) is 0. The van der Waals surface area contributed by atoms with Gasteiger partial charge >= 0.3 is 0 Å². The maximum atomic E-state index is 13.5. The molecule has 0 saturated heterocycles. The Kier molecular flexibility index (Phi) is 5.61. The topological polar surface area (TPSA) is 9.23 Å². The first-order valence-corrected chi connectivity index (χ1v) is 6.22. The van der Waals surface area contributed by atoms with Crippen molar-refractivity contribution in [3.05, 3.63) is 29.6 Å². The molecule has 0 aromatic heterocycles. The Morgan fingerprint density at radius 2 is 2.00 bits per heavy atom. The molecule has 16 heavy (non-hydrogen) atoms. The Morgan fingerprint density at radius 3 is 2.56 bits per heavy atom. The fraction of sp³-hybridized carbons (Fsp3) is 0.538. The van der Waals surface area contributed by atoms with E-state index in [0.717, 1.165) is 12.8 Å². The summed E-state index contributed by atoms with van der Waals surface area (Å²) in [6.07, 6.45) is 2.09. The molecular weight excluding hydrogens is 227 g/mol. The maximum Gasteiger partial charge on any atom is 0.165 e. The second-order valence-electron chi connectivity index (χ2n) is 3.86. The molecule has 0 aliphatic heterocycles. The minimum atomic E-state index is -0.330. The minimum Gasteiger partial charge on any atom is -0.490 e. The summed E-state index contributed by atoms with van der Waals surface area (Å²) in [7, 11) is 0. The highest BCUT2D eigenvalue weighted by Gasteiger charge is 2.11. The predicted molar refractivity (Wildman–Crippen MR) is 65.5 cm³/mol. The highest BCUT2D eigenvalue weighted by atomic mass is 35.5. The van der Waals surface area contributed by atoms with Crippen molar-refractivity contribution in [2.45, 2.75) is 32.6 Å². The van der Waals surface area contributed by atoms with Crippen LogP contribution in [0.2, 0.25) is 0 Å². The predicted octanol–water partition coefficient (Wildman–Crippen LogP) is 4.38. The Balaban J connectivity index is 2.72. The van der Waals surface area contributed by atoms with Crippen molar-refractivity contribution in [3.8, 4) is 5.75 Å². The first kappa shape index (κ1) is 13.3. The standard InChI is InChI=1S/C13H18ClFO/c1-3-10(4-2)9-16-13-11(8-14)6-5-7-12(13)15/h5-7,10H,3-4,8-9H2,1-2H3. The molecule has 0 fully saturated rings. The summed E-state index contributed by atoms with van der Waals surface area (Å²) in [4.78, 5) is 0. The van der Waals surface area contributed by atoms with Gasteiger partial charge in [0.15, 0.2) is 11.6 Å². The van der Waals surface area contributed by atoms with Crippen LogP contribution in [0.25, 0.3) is 0 Å². The lowest BCUT2D eigenvalue weighted by atomic mass is 10.1. The SMILES string of the molecule is CCC(CC)COc1c(F)cccc1CCl. The van der Waals surface area contributed by atoms with E-state index in [1.165, 1.54) is 6.07 Å². The lowest BCUT2D eigenvalue weighted by Crippen LogP contribution is -2.11. The van der Waals surface area contributed by atoms with Crippen LogP contribution in [0.15, 0.2) is 18.2 Å². The summed E-state index contributed by atoms with van der Waals surface area (Å²) in [5.41, 5.74) is 0.715. The monoisotopic (exact) mass is 244 g/mol. The average Bonchev–Trinajstić information content (AvgIpc) is 2.31. The molecule has 0 amide bonds. The quantitative estimate of drug-likeness (QED) is 0.675. The molecule has 3 heteroatoms. The van der Waals surface area contributed by atoms with Crippen LogP contribution in [0.4, 0.5) is 4.39 Å². The van der Waals surface area contributed by atoms with Crippen molar-refractivity contribution in [1.29, 1.82) is 0 Å². The molecule has 0 radical (unpaired) electrons. The van der Waals surface area contributed by atoms with Gasteiger partial charge in [-0.3, -0.25) is 0 Å². The fourth-order valence-electron chi connectivity index (χ4n) is 1.55. The molecule has 0 N–H and O–H groups in total. The van der Waals surface area contributed by atoms with Crippen molar-refractivity contribution < 1.29 is 9.13 Å². The Labute approximate surface area is 102 Å². The van der Waals surface area contributed by atoms with Crippen molar-refractivity contribution in [3.63, 3.8) is 0 Å². The molecule has 1 nitrogen and oxygen atoms in total. The van der Waals surface area contributed by atoms with Gasteiger partial charge in [-0.15, -0.1) is 11.6 Å². The first-order valence-electron chi connectivity index (χ1n) is 5.69. The van der Waals surface area contributed by atoms with E-state index in [0.29, 0.717) is 23.8 Å². The van der Waals surface area contributed by atoms with Crippen LogP contribution in [-0.2, 0) is 5.88 Å². The highest BCUT2D eigenvalue weighted by molar-refractivity contribution is 6.17. The van der Waals surface area contributed by atoms with Crippen LogP contribution < -0.4 is 4.74 Å². The van der Waals surface area contributed by atoms with Crippen LogP contribution in [0.1, 0.15) is 32.3 Å². The third-order valence-corrected chi connectivity index (χ3v) is 3.10. The van der Waals surface area contributed by atoms with Crippen LogP contribution in [-0.4, -0.2) is 6.61 Å². The van der Waals surface area contributed by atoms with Gasteiger partial charge in [0.2, 0.25) is 0 Å². The summed E-state index contributed by atoms with van der Waals surface area (Å²) in [5.74, 6) is 0.729. The zero-order chi connectivity index (χ0) is 12.0. The summed E-state index contributed by atoms with van der Waals surface area (Å²) < 4.78 is 19.1.